The Morgan fingerprint density at radius 2 is 2.18 bits per heavy atom. The summed E-state index contributed by atoms with van der Waals surface area (Å²) in [6, 6.07) is 0. The first kappa shape index (κ1) is 11.7. The van der Waals surface area contributed by atoms with Gasteiger partial charge in [0.1, 0.15) is 15.6 Å². The van der Waals surface area contributed by atoms with Crippen LogP contribution in [0, 0.1) is 0 Å². The van der Waals surface area contributed by atoms with Gasteiger partial charge >= 0.3 is 0 Å². The van der Waals surface area contributed by atoms with Gasteiger partial charge in [0.15, 0.2) is 0 Å². The third-order valence-electron chi connectivity index (χ3n) is 2.32. The largest absolute Gasteiger partial charge is 0.341 e. The molecule has 0 unspecified atom stereocenters. The molecule has 0 aliphatic carbocycles. The zero-order chi connectivity index (χ0) is 12.3. The lowest BCUT2D eigenvalue weighted by Crippen LogP contribution is -2.25. The maximum atomic E-state index is 11.9. The van der Waals surface area contributed by atoms with Gasteiger partial charge in [-0.2, -0.15) is 0 Å². The van der Waals surface area contributed by atoms with Gasteiger partial charge < -0.3 is 4.90 Å². The van der Waals surface area contributed by atoms with Crippen molar-refractivity contribution >= 4 is 17.2 Å². The van der Waals surface area contributed by atoms with E-state index >= 15 is 0 Å². The third kappa shape index (κ3) is 2.47. The van der Waals surface area contributed by atoms with E-state index in [1.807, 2.05) is 6.92 Å². The van der Waals surface area contributed by atoms with Crippen molar-refractivity contribution in [3.05, 3.63) is 29.7 Å². The van der Waals surface area contributed by atoms with Crippen molar-refractivity contribution in [3.8, 4) is 10.7 Å². The molecule has 0 fully saturated rings. The van der Waals surface area contributed by atoms with Crippen LogP contribution < -0.4 is 0 Å². The van der Waals surface area contributed by atoms with Gasteiger partial charge in [0.05, 0.1) is 12.4 Å². The molecule has 6 heteroatoms. The molecule has 1 amide bonds. The first-order chi connectivity index (χ1) is 8.22. The molecule has 0 aliphatic heterocycles. The molecule has 88 valence electrons. The second kappa shape index (κ2) is 5.01. The molecule has 0 radical (unpaired) electrons. The standard InChI is InChI=1S/C11H12N4OS/c1-3-15(2)11(16)9-7-14-10(17-9)8-6-12-4-5-13-8/h4-7H,3H2,1-2H3. The Hall–Kier alpha value is -1.82. The fourth-order valence-electron chi connectivity index (χ4n) is 1.23. The lowest BCUT2D eigenvalue weighted by atomic mass is 10.4. The molecule has 0 N–H and O–H groups in total. The molecule has 0 atom stereocenters. The highest BCUT2D eigenvalue weighted by Crippen LogP contribution is 2.23. The molecule has 0 saturated heterocycles. The molecule has 0 spiro atoms. The Bertz CT molecular complexity index is 511. The first-order valence-electron chi connectivity index (χ1n) is 5.20. The summed E-state index contributed by atoms with van der Waals surface area (Å²) in [4.78, 5) is 26.5. The topological polar surface area (TPSA) is 59.0 Å². The Morgan fingerprint density at radius 3 is 2.82 bits per heavy atom. The van der Waals surface area contributed by atoms with Crippen molar-refractivity contribution in [2.45, 2.75) is 6.92 Å². The molecular weight excluding hydrogens is 236 g/mol. The van der Waals surface area contributed by atoms with Crippen LogP contribution in [0.4, 0.5) is 0 Å². The van der Waals surface area contributed by atoms with Gasteiger partial charge in [-0.1, -0.05) is 0 Å². The van der Waals surface area contributed by atoms with E-state index in [-0.39, 0.29) is 5.91 Å². The van der Waals surface area contributed by atoms with Crippen molar-refractivity contribution in [2.24, 2.45) is 0 Å². The Labute approximate surface area is 103 Å². The fraction of sp³-hybridized carbons (Fsp3) is 0.273. The van der Waals surface area contributed by atoms with Crippen molar-refractivity contribution in [1.29, 1.82) is 0 Å². The Morgan fingerprint density at radius 1 is 1.35 bits per heavy atom. The van der Waals surface area contributed by atoms with Crippen LogP contribution in [0.15, 0.2) is 24.8 Å². The number of thiazole rings is 1. The second-order valence-electron chi connectivity index (χ2n) is 3.44. The minimum Gasteiger partial charge on any atom is -0.341 e. The summed E-state index contributed by atoms with van der Waals surface area (Å²) >= 11 is 1.33. The van der Waals surface area contributed by atoms with E-state index in [2.05, 4.69) is 15.0 Å². The van der Waals surface area contributed by atoms with Crippen LogP contribution in [-0.2, 0) is 0 Å². The van der Waals surface area contributed by atoms with Crippen LogP contribution in [0.1, 0.15) is 16.6 Å². The summed E-state index contributed by atoms with van der Waals surface area (Å²) in [5.41, 5.74) is 0.690. The molecule has 0 bridgehead atoms. The van der Waals surface area contributed by atoms with Crippen LogP contribution in [0.2, 0.25) is 0 Å². The quantitative estimate of drug-likeness (QED) is 0.829. The summed E-state index contributed by atoms with van der Waals surface area (Å²) in [6.07, 6.45) is 6.43. The van der Waals surface area contributed by atoms with Gasteiger partial charge in [-0.3, -0.25) is 14.8 Å². The number of hydrogen-bond donors (Lipinski definition) is 0. The highest BCUT2D eigenvalue weighted by molar-refractivity contribution is 7.16. The first-order valence-corrected chi connectivity index (χ1v) is 6.01. The average molecular weight is 248 g/mol. The molecule has 17 heavy (non-hydrogen) atoms. The summed E-state index contributed by atoms with van der Waals surface area (Å²) in [6.45, 7) is 2.61. The summed E-state index contributed by atoms with van der Waals surface area (Å²) in [5.74, 6) is -0.0138. The Balaban J connectivity index is 2.25. The van der Waals surface area contributed by atoms with E-state index in [9.17, 15) is 4.79 Å². The van der Waals surface area contributed by atoms with Gasteiger partial charge in [-0.05, 0) is 6.92 Å². The monoisotopic (exact) mass is 248 g/mol. The van der Waals surface area contributed by atoms with Crippen LogP contribution in [0.3, 0.4) is 0 Å². The smallest absolute Gasteiger partial charge is 0.265 e. The van der Waals surface area contributed by atoms with Crippen LogP contribution in [0.25, 0.3) is 10.7 Å². The number of amides is 1. The molecule has 2 aromatic heterocycles. The van der Waals surface area contributed by atoms with Crippen molar-refractivity contribution in [2.75, 3.05) is 13.6 Å². The number of carbonyl (C=O) groups excluding carboxylic acids is 1. The van der Waals surface area contributed by atoms with Gasteiger partial charge in [0, 0.05) is 26.0 Å². The van der Waals surface area contributed by atoms with E-state index < -0.39 is 0 Å². The maximum Gasteiger partial charge on any atom is 0.265 e. The highest BCUT2D eigenvalue weighted by atomic mass is 32.1. The third-order valence-corrected chi connectivity index (χ3v) is 3.33. The molecule has 2 rings (SSSR count). The molecule has 0 aromatic carbocycles. The second-order valence-corrected chi connectivity index (χ2v) is 4.47. The predicted molar refractivity (Wildman–Crippen MR) is 65.8 cm³/mol. The number of carbonyl (C=O) groups is 1. The minimum atomic E-state index is -0.0138. The van der Waals surface area contributed by atoms with E-state index in [4.69, 9.17) is 0 Å². The van der Waals surface area contributed by atoms with E-state index in [1.165, 1.54) is 11.3 Å². The molecule has 0 saturated carbocycles. The van der Waals surface area contributed by atoms with E-state index in [0.29, 0.717) is 22.1 Å². The SMILES string of the molecule is CCN(C)C(=O)c1cnc(-c2cnccn2)s1. The van der Waals surface area contributed by atoms with E-state index in [1.54, 1.807) is 36.7 Å². The summed E-state index contributed by atoms with van der Waals surface area (Å²) in [7, 11) is 1.77. The number of hydrogen-bond acceptors (Lipinski definition) is 5. The van der Waals surface area contributed by atoms with Gasteiger partial charge in [-0.25, -0.2) is 4.98 Å². The summed E-state index contributed by atoms with van der Waals surface area (Å²) < 4.78 is 0. The lowest BCUT2D eigenvalue weighted by molar-refractivity contribution is 0.0807. The minimum absolute atomic E-state index is 0.0138. The molecular formula is C11H12N4OS. The van der Waals surface area contributed by atoms with Gasteiger partial charge in [0.25, 0.3) is 5.91 Å². The van der Waals surface area contributed by atoms with Gasteiger partial charge in [-0.15, -0.1) is 11.3 Å². The molecule has 0 aliphatic rings. The maximum absolute atomic E-state index is 11.9. The summed E-state index contributed by atoms with van der Waals surface area (Å²) in [5, 5.41) is 0.714. The fourth-order valence-corrected chi connectivity index (χ4v) is 2.10. The number of aromatic nitrogens is 3. The molecule has 5 nitrogen and oxygen atoms in total. The highest BCUT2D eigenvalue weighted by Gasteiger charge is 2.14. The zero-order valence-corrected chi connectivity index (χ0v) is 10.4. The van der Waals surface area contributed by atoms with Crippen molar-refractivity contribution in [3.63, 3.8) is 0 Å². The van der Waals surface area contributed by atoms with Crippen LogP contribution in [-0.4, -0.2) is 39.4 Å². The normalized spacial score (nSPS) is 10.2. The zero-order valence-electron chi connectivity index (χ0n) is 9.62. The van der Waals surface area contributed by atoms with E-state index in [0.717, 1.165) is 0 Å². The van der Waals surface area contributed by atoms with Gasteiger partial charge in [0.2, 0.25) is 0 Å². The van der Waals surface area contributed by atoms with Crippen molar-refractivity contribution in [1.82, 2.24) is 19.9 Å². The van der Waals surface area contributed by atoms with Crippen LogP contribution in [0.5, 0.6) is 0 Å². The Kier molecular flexibility index (Phi) is 3.43. The number of nitrogens with zero attached hydrogens (tertiary/aromatic N) is 4. The number of rotatable bonds is 3. The average Bonchev–Trinajstić information content (AvgIpc) is 2.87. The predicted octanol–water partition coefficient (Wildman–Crippen LogP) is 1.69. The van der Waals surface area contributed by atoms with Crippen LogP contribution >= 0.6 is 11.3 Å². The van der Waals surface area contributed by atoms with Crippen molar-refractivity contribution < 1.29 is 4.79 Å². The molecule has 2 aromatic rings. The molecule has 2 heterocycles. The lowest BCUT2D eigenvalue weighted by Gasteiger charge is -2.11.